The Hall–Kier alpha value is 1.17. The van der Waals surface area contributed by atoms with Gasteiger partial charge in [-0.05, 0) is 0 Å². The summed E-state index contributed by atoms with van der Waals surface area (Å²) in [7, 11) is 0. The number of rotatable bonds is 2. The molecule has 0 rings (SSSR count). The van der Waals surface area contributed by atoms with Crippen LogP contribution in [-0.4, -0.2) is 17.6 Å². The molecule has 11 heavy (non-hydrogen) atoms. The summed E-state index contributed by atoms with van der Waals surface area (Å²) in [5.41, 5.74) is 0. The maximum Gasteiger partial charge on any atom is 0.404 e. The molecule has 0 aliphatic carbocycles. The van der Waals surface area contributed by atoms with Crippen LogP contribution >= 0.6 is 44.8 Å². The molecule has 1 unspecified atom stereocenters. The number of halogens is 7. The summed E-state index contributed by atoms with van der Waals surface area (Å²) in [4.78, 5) is 0. The lowest BCUT2D eigenvalue weighted by Crippen LogP contribution is -2.29. The van der Waals surface area contributed by atoms with Crippen LogP contribution in [0, 0.1) is 0 Å². The Morgan fingerprint density at radius 2 is 1.55 bits per heavy atom. The molecule has 8 heteroatoms. The van der Waals surface area contributed by atoms with Crippen molar-refractivity contribution in [3.05, 3.63) is 0 Å². The minimum atomic E-state index is -4.49. The Kier molecular flexibility index (Phi) is 4.33. The van der Waals surface area contributed by atoms with Gasteiger partial charge in [-0.3, -0.25) is 0 Å². The van der Waals surface area contributed by atoms with Crippen LogP contribution in [0.3, 0.4) is 0 Å². The SMILES string of the molecule is FC(F)(F)C(Cl)C[Si](Cl)(Cl)Cl. The zero-order valence-electron chi connectivity index (χ0n) is 4.93. The van der Waals surface area contributed by atoms with Crippen LogP contribution < -0.4 is 0 Å². The molecule has 0 saturated carbocycles. The van der Waals surface area contributed by atoms with Crippen LogP contribution in [-0.2, 0) is 0 Å². The van der Waals surface area contributed by atoms with Crippen LogP contribution in [0.1, 0.15) is 0 Å². The highest BCUT2D eigenvalue weighted by Crippen LogP contribution is 2.36. The van der Waals surface area contributed by atoms with E-state index < -0.39 is 23.6 Å². The molecule has 0 nitrogen and oxygen atoms in total. The lowest BCUT2D eigenvalue weighted by Gasteiger charge is -2.15. The average molecular weight is 266 g/mol. The van der Waals surface area contributed by atoms with Gasteiger partial charge in [0.1, 0.15) is 5.38 Å². The van der Waals surface area contributed by atoms with E-state index in [1.54, 1.807) is 0 Å². The first-order chi connectivity index (χ1) is 4.63. The molecule has 0 amide bonds. The van der Waals surface area contributed by atoms with Crippen molar-refractivity contribution >= 4 is 50.8 Å². The fraction of sp³-hybridized carbons (Fsp3) is 1.00. The molecule has 0 aromatic carbocycles. The van der Waals surface area contributed by atoms with Gasteiger partial charge >= 0.3 is 12.2 Å². The summed E-state index contributed by atoms with van der Waals surface area (Å²) < 4.78 is 35.1. The van der Waals surface area contributed by atoms with Gasteiger partial charge in [0.25, 0.3) is 0 Å². The normalized spacial score (nSPS) is 16.6. The van der Waals surface area contributed by atoms with E-state index in [1.807, 2.05) is 0 Å². The van der Waals surface area contributed by atoms with E-state index in [0.29, 0.717) is 0 Å². The topological polar surface area (TPSA) is 0 Å². The molecule has 0 aliphatic rings. The van der Waals surface area contributed by atoms with Gasteiger partial charge in [0, 0.05) is 6.04 Å². The van der Waals surface area contributed by atoms with Crippen molar-refractivity contribution in [2.24, 2.45) is 0 Å². The predicted octanol–water partition coefficient (Wildman–Crippen LogP) is 3.81. The zero-order valence-corrected chi connectivity index (χ0v) is 8.95. The Labute approximate surface area is 81.7 Å². The lowest BCUT2D eigenvalue weighted by atomic mass is 10.5. The molecule has 0 spiro atoms. The summed E-state index contributed by atoms with van der Waals surface area (Å²) in [5, 5.41) is -2.05. The van der Waals surface area contributed by atoms with E-state index in [-0.39, 0.29) is 0 Å². The summed E-state index contributed by atoms with van der Waals surface area (Å²) in [6, 6.07) is -3.87. The Morgan fingerprint density at radius 1 is 1.18 bits per heavy atom. The fourth-order valence-corrected chi connectivity index (χ4v) is 3.75. The van der Waals surface area contributed by atoms with Gasteiger partial charge in [0.15, 0.2) is 0 Å². The molecule has 0 bridgehead atoms. The number of hydrogen-bond acceptors (Lipinski definition) is 0. The van der Waals surface area contributed by atoms with Crippen molar-refractivity contribution < 1.29 is 13.2 Å². The van der Waals surface area contributed by atoms with E-state index in [9.17, 15) is 13.2 Å². The third kappa shape index (κ3) is 6.34. The van der Waals surface area contributed by atoms with E-state index in [1.165, 1.54) is 0 Å². The second-order valence-corrected chi connectivity index (χ2v) is 11.5. The number of hydrogen-bond donors (Lipinski definition) is 0. The lowest BCUT2D eigenvalue weighted by molar-refractivity contribution is -0.126. The van der Waals surface area contributed by atoms with Crippen LogP contribution in [0.15, 0.2) is 0 Å². The Morgan fingerprint density at radius 3 is 1.64 bits per heavy atom. The van der Waals surface area contributed by atoms with Gasteiger partial charge in [0.05, 0.1) is 0 Å². The molecule has 0 saturated heterocycles. The molecule has 0 fully saturated rings. The highest BCUT2D eigenvalue weighted by molar-refractivity contribution is 7.64. The predicted molar refractivity (Wildman–Crippen MR) is 43.8 cm³/mol. The quantitative estimate of drug-likeness (QED) is 0.405. The van der Waals surface area contributed by atoms with Gasteiger partial charge in [-0.25, -0.2) is 0 Å². The molecule has 0 heterocycles. The van der Waals surface area contributed by atoms with Gasteiger partial charge in [-0.1, -0.05) is 0 Å². The highest BCUT2D eigenvalue weighted by atomic mass is 35.8. The van der Waals surface area contributed by atoms with Crippen LogP contribution in [0.4, 0.5) is 13.2 Å². The van der Waals surface area contributed by atoms with E-state index in [2.05, 4.69) is 0 Å². The summed E-state index contributed by atoms with van der Waals surface area (Å²) in [6.45, 7) is 0. The zero-order chi connectivity index (χ0) is 9.28. The Bertz CT molecular complexity index is 130. The third-order valence-electron chi connectivity index (χ3n) is 0.766. The van der Waals surface area contributed by atoms with Crippen LogP contribution in [0.25, 0.3) is 0 Å². The highest BCUT2D eigenvalue weighted by Gasteiger charge is 2.43. The second-order valence-electron chi connectivity index (χ2n) is 1.83. The molecular formula is C3H3Cl4F3Si. The first-order valence-electron chi connectivity index (χ1n) is 2.40. The molecule has 0 N–H and O–H groups in total. The molecule has 0 aromatic rings. The second kappa shape index (κ2) is 3.92. The maximum absolute atomic E-state index is 11.7. The van der Waals surface area contributed by atoms with Gasteiger partial charge in [0.2, 0.25) is 0 Å². The Balaban J connectivity index is 3.99. The first-order valence-corrected chi connectivity index (χ1v) is 8.08. The first kappa shape index (κ1) is 12.2. The summed E-state index contributed by atoms with van der Waals surface area (Å²) in [6.07, 6.45) is -4.49. The van der Waals surface area contributed by atoms with Crippen LogP contribution in [0.2, 0.25) is 6.04 Å². The summed E-state index contributed by atoms with van der Waals surface area (Å²) >= 11 is 20.6. The van der Waals surface area contributed by atoms with Crippen molar-refractivity contribution in [2.45, 2.75) is 17.6 Å². The molecule has 1 atom stereocenters. The number of alkyl halides is 4. The van der Waals surface area contributed by atoms with Crippen molar-refractivity contribution in [2.75, 3.05) is 0 Å². The smallest absolute Gasteiger partial charge is 0.169 e. The van der Waals surface area contributed by atoms with E-state index in [4.69, 9.17) is 44.8 Å². The van der Waals surface area contributed by atoms with Crippen molar-refractivity contribution in [1.82, 2.24) is 0 Å². The molecule has 68 valence electrons. The minimum absolute atomic E-state index is 0.608. The molecule has 0 aliphatic heterocycles. The molecular weight excluding hydrogens is 263 g/mol. The fourth-order valence-electron chi connectivity index (χ4n) is 0.319. The monoisotopic (exact) mass is 264 g/mol. The van der Waals surface area contributed by atoms with Gasteiger partial charge in [-0.15, -0.1) is 44.8 Å². The van der Waals surface area contributed by atoms with Gasteiger partial charge < -0.3 is 0 Å². The van der Waals surface area contributed by atoms with Crippen molar-refractivity contribution in [1.29, 1.82) is 0 Å². The third-order valence-corrected chi connectivity index (χ3v) is 3.69. The summed E-state index contributed by atoms with van der Waals surface area (Å²) in [5.74, 6) is 0. The van der Waals surface area contributed by atoms with E-state index >= 15 is 0 Å². The minimum Gasteiger partial charge on any atom is -0.169 e. The largest absolute Gasteiger partial charge is 0.404 e. The van der Waals surface area contributed by atoms with E-state index in [0.717, 1.165) is 0 Å². The standard InChI is InChI=1S/C3H3Cl4F3Si/c4-2(3(8,9)10)1-11(5,6)7/h2H,1H2. The van der Waals surface area contributed by atoms with Crippen molar-refractivity contribution in [3.8, 4) is 0 Å². The maximum atomic E-state index is 11.7. The van der Waals surface area contributed by atoms with Crippen LogP contribution in [0.5, 0.6) is 0 Å². The average Bonchev–Trinajstić information content (AvgIpc) is 1.56. The molecule has 0 aromatic heterocycles. The molecule has 0 radical (unpaired) electrons. The van der Waals surface area contributed by atoms with Crippen molar-refractivity contribution in [3.63, 3.8) is 0 Å². The van der Waals surface area contributed by atoms with Gasteiger partial charge in [-0.2, -0.15) is 13.2 Å².